The maximum absolute atomic E-state index is 7.46. The third kappa shape index (κ3) is 3.99. The Hall–Kier alpha value is -2.49. The van der Waals surface area contributed by atoms with Gasteiger partial charge in [-0.25, -0.2) is 0 Å². The second kappa shape index (κ2) is 6.79. The van der Waals surface area contributed by atoms with Crippen LogP contribution in [0.15, 0.2) is 42.5 Å². The normalized spacial score (nSPS) is 10.2. The molecule has 0 radical (unpaired) electrons. The average Bonchev–Trinajstić information content (AvgIpc) is 2.49. The number of nitrogen functional groups attached to an aromatic ring is 1. The molecule has 0 saturated carbocycles. The summed E-state index contributed by atoms with van der Waals surface area (Å²) in [6.45, 7) is 2.56. The molecule has 2 aromatic carbocycles. The zero-order chi connectivity index (χ0) is 15.2. The molecule has 0 bridgehead atoms. The van der Waals surface area contributed by atoms with Gasteiger partial charge in [-0.3, -0.25) is 5.41 Å². The van der Waals surface area contributed by atoms with Crippen LogP contribution in [0.4, 0.5) is 0 Å². The summed E-state index contributed by atoms with van der Waals surface area (Å²) in [6.07, 6.45) is 0.813. The molecule has 2 aromatic rings. The first kappa shape index (κ1) is 14.9. The highest BCUT2D eigenvalue weighted by atomic mass is 16.5. The predicted molar refractivity (Wildman–Crippen MR) is 84.4 cm³/mol. The molecular weight excluding hydrogens is 264 g/mol. The van der Waals surface area contributed by atoms with Crippen LogP contribution in [0.2, 0.25) is 0 Å². The third-order valence-electron chi connectivity index (χ3n) is 3.31. The number of nitrogens with two attached hydrogens (primary N) is 1. The molecule has 0 amide bonds. The van der Waals surface area contributed by atoms with E-state index < -0.39 is 0 Å². The molecule has 2 rings (SSSR count). The van der Waals surface area contributed by atoms with Crippen LogP contribution in [-0.4, -0.2) is 19.6 Å². The number of hydrogen-bond donors (Lipinski definition) is 2. The number of benzene rings is 2. The lowest BCUT2D eigenvalue weighted by atomic mass is 10.1. The minimum Gasteiger partial charge on any atom is -0.497 e. The highest BCUT2D eigenvalue weighted by Gasteiger charge is 2.04. The molecule has 0 aliphatic carbocycles. The Labute approximate surface area is 125 Å². The van der Waals surface area contributed by atoms with Gasteiger partial charge in [0.2, 0.25) is 0 Å². The van der Waals surface area contributed by atoms with E-state index in [1.54, 1.807) is 7.11 Å². The van der Waals surface area contributed by atoms with Gasteiger partial charge in [0.1, 0.15) is 17.3 Å². The first-order valence-electron chi connectivity index (χ1n) is 6.81. The number of rotatable bonds is 6. The molecule has 0 atom stereocenters. The summed E-state index contributed by atoms with van der Waals surface area (Å²) >= 11 is 0. The Morgan fingerprint density at radius 3 is 2.48 bits per heavy atom. The maximum Gasteiger partial charge on any atom is 0.122 e. The first-order valence-corrected chi connectivity index (χ1v) is 6.81. The average molecular weight is 284 g/mol. The van der Waals surface area contributed by atoms with Crippen LogP contribution in [0, 0.1) is 12.3 Å². The molecule has 0 aromatic heterocycles. The third-order valence-corrected chi connectivity index (χ3v) is 3.31. The van der Waals surface area contributed by atoms with Crippen LogP contribution in [-0.2, 0) is 6.42 Å². The van der Waals surface area contributed by atoms with Crippen molar-refractivity contribution in [2.75, 3.05) is 13.7 Å². The van der Waals surface area contributed by atoms with Crippen molar-refractivity contribution in [2.45, 2.75) is 13.3 Å². The standard InChI is InChI=1S/C17H20N2O2/c1-12-3-6-14(17(18)19)11-16(12)21-10-9-13-4-7-15(20-2)8-5-13/h3-8,11H,9-10H2,1-2H3,(H3,18,19). The van der Waals surface area contributed by atoms with Gasteiger partial charge in [0, 0.05) is 12.0 Å². The van der Waals surface area contributed by atoms with Gasteiger partial charge in [-0.1, -0.05) is 24.3 Å². The Morgan fingerprint density at radius 2 is 1.86 bits per heavy atom. The summed E-state index contributed by atoms with van der Waals surface area (Å²) < 4.78 is 10.9. The van der Waals surface area contributed by atoms with E-state index in [1.165, 1.54) is 5.56 Å². The van der Waals surface area contributed by atoms with Crippen molar-refractivity contribution in [3.8, 4) is 11.5 Å². The van der Waals surface area contributed by atoms with Crippen LogP contribution in [0.25, 0.3) is 0 Å². The van der Waals surface area contributed by atoms with Gasteiger partial charge < -0.3 is 15.2 Å². The molecular formula is C17H20N2O2. The van der Waals surface area contributed by atoms with Gasteiger partial charge >= 0.3 is 0 Å². The minimum atomic E-state index is 0.0509. The van der Waals surface area contributed by atoms with E-state index in [9.17, 15) is 0 Å². The summed E-state index contributed by atoms with van der Waals surface area (Å²) in [7, 11) is 1.66. The molecule has 0 saturated heterocycles. The summed E-state index contributed by atoms with van der Waals surface area (Å²) in [5.74, 6) is 1.68. The SMILES string of the molecule is COc1ccc(CCOc2cc(C(=N)N)ccc2C)cc1. The molecule has 0 spiro atoms. The molecule has 0 fully saturated rings. The zero-order valence-corrected chi connectivity index (χ0v) is 12.3. The summed E-state index contributed by atoms with van der Waals surface area (Å²) in [5, 5.41) is 7.46. The van der Waals surface area contributed by atoms with Gasteiger partial charge in [-0.15, -0.1) is 0 Å². The van der Waals surface area contributed by atoms with E-state index in [-0.39, 0.29) is 5.84 Å². The lowest BCUT2D eigenvalue weighted by molar-refractivity contribution is 0.319. The quantitative estimate of drug-likeness (QED) is 0.633. The van der Waals surface area contributed by atoms with Crippen LogP contribution >= 0.6 is 0 Å². The Bertz CT molecular complexity index is 621. The number of methoxy groups -OCH3 is 1. The fraction of sp³-hybridized carbons (Fsp3) is 0.235. The van der Waals surface area contributed by atoms with E-state index >= 15 is 0 Å². The Morgan fingerprint density at radius 1 is 1.14 bits per heavy atom. The van der Waals surface area contributed by atoms with Crippen LogP contribution in [0.1, 0.15) is 16.7 Å². The zero-order valence-electron chi connectivity index (χ0n) is 12.3. The van der Waals surface area contributed by atoms with Crippen LogP contribution in [0.3, 0.4) is 0 Å². The molecule has 4 heteroatoms. The summed E-state index contributed by atoms with van der Waals surface area (Å²) in [4.78, 5) is 0. The number of ether oxygens (including phenoxy) is 2. The number of amidine groups is 1. The molecule has 0 aliphatic heterocycles. The van der Waals surface area contributed by atoms with Crippen molar-refractivity contribution in [1.29, 1.82) is 5.41 Å². The van der Waals surface area contributed by atoms with Gasteiger partial charge in [-0.2, -0.15) is 0 Å². The van der Waals surface area contributed by atoms with Gasteiger partial charge in [0.05, 0.1) is 13.7 Å². The molecule has 21 heavy (non-hydrogen) atoms. The van der Waals surface area contributed by atoms with Gasteiger partial charge in [-0.05, 0) is 36.2 Å². The van der Waals surface area contributed by atoms with Crippen molar-refractivity contribution in [2.24, 2.45) is 5.73 Å². The number of nitrogens with one attached hydrogen (secondary N) is 1. The van der Waals surface area contributed by atoms with E-state index in [0.717, 1.165) is 23.5 Å². The molecule has 3 N–H and O–H groups in total. The summed E-state index contributed by atoms with van der Waals surface area (Å²) in [6, 6.07) is 13.5. The van der Waals surface area contributed by atoms with Crippen molar-refractivity contribution < 1.29 is 9.47 Å². The smallest absolute Gasteiger partial charge is 0.122 e. The van der Waals surface area contributed by atoms with Crippen molar-refractivity contribution in [3.05, 3.63) is 59.2 Å². The molecule has 0 heterocycles. The second-order valence-corrected chi connectivity index (χ2v) is 4.84. The fourth-order valence-corrected chi connectivity index (χ4v) is 1.99. The van der Waals surface area contributed by atoms with Crippen LogP contribution < -0.4 is 15.2 Å². The highest BCUT2D eigenvalue weighted by molar-refractivity contribution is 5.95. The Kier molecular flexibility index (Phi) is 4.82. The lowest BCUT2D eigenvalue weighted by Crippen LogP contribution is -2.11. The molecule has 110 valence electrons. The van der Waals surface area contributed by atoms with Crippen LogP contribution in [0.5, 0.6) is 11.5 Å². The van der Waals surface area contributed by atoms with Crippen molar-refractivity contribution in [1.82, 2.24) is 0 Å². The van der Waals surface area contributed by atoms with E-state index in [4.69, 9.17) is 20.6 Å². The summed E-state index contributed by atoms with van der Waals surface area (Å²) in [5.41, 5.74) is 8.40. The predicted octanol–water partition coefficient (Wildman–Crippen LogP) is 2.91. The first-order chi connectivity index (χ1) is 10.1. The Balaban J connectivity index is 1.96. The lowest BCUT2D eigenvalue weighted by Gasteiger charge is -2.11. The number of hydrogen-bond acceptors (Lipinski definition) is 3. The van der Waals surface area contributed by atoms with Crippen molar-refractivity contribution >= 4 is 5.84 Å². The monoisotopic (exact) mass is 284 g/mol. The maximum atomic E-state index is 7.46. The van der Waals surface area contributed by atoms with Gasteiger partial charge in [0.15, 0.2) is 0 Å². The van der Waals surface area contributed by atoms with Gasteiger partial charge in [0.25, 0.3) is 0 Å². The second-order valence-electron chi connectivity index (χ2n) is 4.84. The minimum absolute atomic E-state index is 0.0509. The highest BCUT2D eigenvalue weighted by Crippen LogP contribution is 2.20. The topological polar surface area (TPSA) is 68.3 Å². The van der Waals surface area contributed by atoms with Crippen molar-refractivity contribution in [3.63, 3.8) is 0 Å². The van der Waals surface area contributed by atoms with E-state index in [2.05, 4.69) is 0 Å². The molecule has 0 unspecified atom stereocenters. The van der Waals surface area contributed by atoms with E-state index in [1.807, 2.05) is 49.4 Å². The molecule has 4 nitrogen and oxygen atoms in total. The van der Waals surface area contributed by atoms with E-state index in [0.29, 0.717) is 12.2 Å². The largest absolute Gasteiger partial charge is 0.497 e. The molecule has 0 aliphatic rings. The number of aryl methyl sites for hydroxylation is 1. The fourth-order valence-electron chi connectivity index (χ4n) is 1.99.